The van der Waals surface area contributed by atoms with Crippen molar-refractivity contribution in [3.05, 3.63) is 52.3 Å². The molecule has 118 valence electrons. The molecule has 2 aromatic heterocycles. The number of amides is 1. The van der Waals surface area contributed by atoms with Crippen molar-refractivity contribution >= 4 is 33.7 Å². The Morgan fingerprint density at radius 2 is 2.09 bits per heavy atom. The van der Waals surface area contributed by atoms with Crippen LogP contribution >= 0.6 is 22.7 Å². The lowest BCUT2D eigenvalue weighted by atomic mass is 10.2. The molecule has 1 amide bonds. The fraction of sp³-hybridized carbons (Fsp3) is 0.176. The number of nitrogens with one attached hydrogen (secondary N) is 1. The monoisotopic (exact) mass is 344 g/mol. The van der Waals surface area contributed by atoms with E-state index in [-0.39, 0.29) is 5.91 Å². The first-order chi connectivity index (χ1) is 11.2. The number of hydrogen-bond donors (Lipinski definition) is 1. The highest BCUT2D eigenvalue weighted by Crippen LogP contribution is 2.36. The molecule has 0 unspecified atom stereocenters. The number of carbonyl (C=O) groups excluding carboxylic acids is 1. The fourth-order valence-electron chi connectivity index (χ4n) is 2.11. The van der Waals surface area contributed by atoms with Gasteiger partial charge in [-0.15, -0.1) is 22.7 Å². The molecule has 0 atom stereocenters. The maximum absolute atomic E-state index is 12.5. The van der Waals surface area contributed by atoms with Gasteiger partial charge in [0.25, 0.3) is 5.91 Å². The number of rotatable bonds is 5. The summed E-state index contributed by atoms with van der Waals surface area (Å²) in [5.74, 6) is 0.428. The SMILES string of the molecule is CCOc1cc(-c2ccccc2)sc1C(=O)Nc1nc(C)cs1. The molecule has 0 saturated carbocycles. The minimum Gasteiger partial charge on any atom is -0.492 e. The van der Waals surface area contributed by atoms with Crippen molar-refractivity contribution in [1.82, 2.24) is 4.98 Å². The Balaban J connectivity index is 1.90. The molecule has 4 nitrogen and oxygen atoms in total. The van der Waals surface area contributed by atoms with Crippen molar-refractivity contribution in [2.45, 2.75) is 13.8 Å². The highest BCUT2D eigenvalue weighted by Gasteiger charge is 2.19. The summed E-state index contributed by atoms with van der Waals surface area (Å²) >= 11 is 2.84. The van der Waals surface area contributed by atoms with Crippen LogP contribution < -0.4 is 10.1 Å². The van der Waals surface area contributed by atoms with Crippen LogP contribution in [-0.4, -0.2) is 17.5 Å². The Bertz CT molecular complexity index is 809. The number of benzene rings is 1. The number of carbonyl (C=O) groups is 1. The summed E-state index contributed by atoms with van der Waals surface area (Å²) in [5, 5.41) is 5.35. The number of nitrogens with zero attached hydrogens (tertiary/aromatic N) is 1. The Kier molecular flexibility index (Phi) is 4.73. The zero-order chi connectivity index (χ0) is 16.2. The van der Waals surface area contributed by atoms with Gasteiger partial charge in [0.1, 0.15) is 10.6 Å². The van der Waals surface area contributed by atoms with Crippen molar-refractivity contribution in [2.24, 2.45) is 0 Å². The molecule has 6 heteroatoms. The molecule has 2 heterocycles. The smallest absolute Gasteiger partial charge is 0.271 e. The molecular formula is C17H16N2O2S2. The van der Waals surface area contributed by atoms with Crippen LogP contribution in [0.1, 0.15) is 22.3 Å². The predicted octanol–water partition coefficient (Wildman–Crippen LogP) is 4.83. The molecule has 23 heavy (non-hydrogen) atoms. The maximum atomic E-state index is 12.5. The molecule has 3 aromatic rings. The van der Waals surface area contributed by atoms with Gasteiger partial charge in [0, 0.05) is 10.3 Å². The van der Waals surface area contributed by atoms with Gasteiger partial charge in [-0.05, 0) is 25.5 Å². The van der Waals surface area contributed by atoms with Crippen LogP contribution in [0.15, 0.2) is 41.8 Å². The van der Waals surface area contributed by atoms with Crippen LogP contribution in [-0.2, 0) is 0 Å². The molecule has 1 N–H and O–H groups in total. The number of ether oxygens (including phenoxy) is 1. The maximum Gasteiger partial charge on any atom is 0.271 e. The Morgan fingerprint density at radius 1 is 1.30 bits per heavy atom. The summed E-state index contributed by atoms with van der Waals surface area (Å²) in [7, 11) is 0. The average molecular weight is 344 g/mol. The van der Waals surface area contributed by atoms with E-state index in [1.165, 1.54) is 22.7 Å². The number of aryl methyl sites for hydroxylation is 1. The highest BCUT2D eigenvalue weighted by molar-refractivity contribution is 7.18. The molecule has 0 bridgehead atoms. The normalized spacial score (nSPS) is 10.5. The van der Waals surface area contributed by atoms with E-state index in [9.17, 15) is 4.79 Å². The van der Waals surface area contributed by atoms with Gasteiger partial charge in [-0.25, -0.2) is 4.98 Å². The Hall–Kier alpha value is -2.18. The summed E-state index contributed by atoms with van der Waals surface area (Å²) in [5.41, 5.74) is 1.97. The second-order valence-corrected chi connectivity index (χ2v) is 6.76. The predicted molar refractivity (Wildman–Crippen MR) is 95.7 cm³/mol. The van der Waals surface area contributed by atoms with Crippen molar-refractivity contribution in [3.8, 4) is 16.2 Å². The number of anilines is 1. The van der Waals surface area contributed by atoms with Crippen molar-refractivity contribution in [2.75, 3.05) is 11.9 Å². The van der Waals surface area contributed by atoms with Crippen molar-refractivity contribution in [1.29, 1.82) is 0 Å². The van der Waals surface area contributed by atoms with Gasteiger partial charge in [-0.3, -0.25) is 10.1 Å². The van der Waals surface area contributed by atoms with Gasteiger partial charge in [-0.2, -0.15) is 0 Å². The van der Waals surface area contributed by atoms with Crippen LogP contribution in [0.3, 0.4) is 0 Å². The Labute approximate surface area is 142 Å². The van der Waals surface area contributed by atoms with E-state index in [0.717, 1.165) is 16.1 Å². The molecule has 0 radical (unpaired) electrons. The van der Waals surface area contributed by atoms with E-state index in [2.05, 4.69) is 10.3 Å². The second kappa shape index (κ2) is 6.93. The van der Waals surface area contributed by atoms with Gasteiger partial charge < -0.3 is 4.74 Å². The second-order valence-electron chi connectivity index (χ2n) is 4.85. The van der Waals surface area contributed by atoms with Crippen LogP contribution in [0.4, 0.5) is 5.13 Å². The lowest BCUT2D eigenvalue weighted by molar-refractivity contribution is 0.102. The van der Waals surface area contributed by atoms with Crippen LogP contribution in [0.2, 0.25) is 0 Å². The quantitative estimate of drug-likeness (QED) is 0.721. The molecule has 0 aliphatic heterocycles. The molecule has 1 aromatic carbocycles. The van der Waals surface area contributed by atoms with Crippen LogP contribution in [0.5, 0.6) is 5.75 Å². The van der Waals surface area contributed by atoms with Crippen LogP contribution in [0.25, 0.3) is 10.4 Å². The van der Waals surface area contributed by atoms with Gasteiger partial charge >= 0.3 is 0 Å². The first-order valence-electron chi connectivity index (χ1n) is 7.23. The van der Waals surface area contributed by atoms with E-state index in [0.29, 0.717) is 22.4 Å². The van der Waals surface area contributed by atoms with E-state index in [1.54, 1.807) is 0 Å². The van der Waals surface area contributed by atoms with E-state index in [4.69, 9.17) is 4.74 Å². The van der Waals surface area contributed by atoms with Crippen LogP contribution in [0, 0.1) is 6.92 Å². The number of thiazole rings is 1. The van der Waals surface area contributed by atoms with Crippen molar-refractivity contribution in [3.63, 3.8) is 0 Å². The van der Waals surface area contributed by atoms with E-state index in [1.807, 2.05) is 55.6 Å². The molecule has 3 rings (SSSR count). The summed E-state index contributed by atoms with van der Waals surface area (Å²) < 4.78 is 5.64. The molecule has 0 fully saturated rings. The van der Waals surface area contributed by atoms with Crippen molar-refractivity contribution < 1.29 is 9.53 Å². The van der Waals surface area contributed by atoms with Gasteiger partial charge in [0.15, 0.2) is 5.13 Å². The third kappa shape index (κ3) is 3.60. The lowest BCUT2D eigenvalue weighted by Crippen LogP contribution is -2.11. The third-order valence-corrected chi connectivity index (χ3v) is 5.14. The fourth-order valence-corrected chi connectivity index (χ4v) is 3.79. The minimum absolute atomic E-state index is 0.185. The summed E-state index contributed by atoms with van der Waals surface area (Å²) in [4.78, 5) is 18.4. The standard InChI is InChI=1S/C17H16N2O2S2/c1-3-21-13-9-14(12-7-5-4-6-8-12)23-15(13)16(20)19-17-18-11(2)10-22-17/h4-10H,3H2,1-2H3,(H,18,19,20). The number of thiophene rings is 1. The molecular weight excluding hydrogens is 328 g/mol. The average Bonchev–Trinajstić information content (AvgIpc) is 3.15. The summed E-state index contributed by atoms with van der Waals surface area (Å²) in [6.45, 7) is 4.32. The molecule has 0 spiro atoms. The Morgan fingerprint density at radius 3 is 2.74 bits per heavy atom. The number of hydrogen-bond acceptors (Lipinski definition) is 5. The zero-order valence-electron chi connectivity index (χ0n) is 12.8. The lowest BCUT2D eigenvalue weighted by Gasteiger charge is -2.03. The van der Waals surface area contributed by atoms with Gasteiger partial charge in [0.2, 0.25) is 0 Å². The van der Waals surface area contributed by atoms with E-state index >= 15 is 0 Å². The van der Waals surface area contributed by atoms with E-state index < -0.39 is 0 Å². The van der Waals surface area contributed by atoms with Gasteiger partial charge in [0.05, 0.1) is 12.3 Å². The topological polar surface area (TPSA) is 51.2 Å². The first-order valence-corrected chi connectivity index (χ1v) is 8.92. The zero-order valence-corrected chi connectivity index (χ0v) is 14.5. The minimum atomic E-state index is -0.185. The first kappa shape index (κ1) is 15.7. The molecule has 0 aliphatic carbocycles. The largest absolute Gasteiger partial charge is 0.492 e. The highest BCUT2D eigenvalue weighted by atomic mass is 32.1. The molecule has 0 aliphatic rings. The molecule has 0 saturated heterocycles. The number of aromatic nitrogens is 1. The third-order valence-electron chi connectivity index (χ3n) is 3.10. The summed E-state index contributed by atoms with van der Waals surface area (Å²) in [6, 6.07) is 11.9. The van der Waals surface area contributed by atoms with Gasteiger partial charge in [-0.1, -0.05) is 30.3 Å². The summed E-state index contributed by atoms with van der Waals surface area (Å²) in [6.07, 6.45) is 0.